The van der Waals surface area contributed by atoms with Crippen LogP contribution in [-0.2, 0) is 4.84 Å². The third kappa shape index (κ3) is 5.25. The number of aliphatic hydroxyl groups excluding tert-OH is 2. The number of fused-ring (bicyclic) bond motifs is 5. The highest BCUT2D eigenvalue weighted by molar-refractivity contribution is 5.85. The molecular formula is C34H51N3O3. The molecule has 2 N–H and O–H groups in total. The van der Waals surface area contributed by atoms with E-state index in [2.05, 4.69) is 72.1 Å². The quantitative estimate of drug-likeness (QED) is 0.267. The Balaban J connectivity index is 1.00. The monoisotopic (exact) mass is 549 g/mol. The predicted octanol–water partition coefficient (Wildman–Crippen LogP) is 5.50. The van der Waals surface area contributed by atoms with Gasteiger partial charge in [-0.15, -0.1) is 0 Å². The zero-order valence-electron chi connectivity index (χ0n) is 25.0. The molecule has 1 aliphatic heterocycles. The van der Waals surface area contributed by atoms with Crippen LogP contribution in [0, 0.1) is 34.5 Å². The zero-order chi connectivity index (χ0) is 27.9. The lowest BCUT2D eigenvalue weighted by atomic mass is 9.47. The van der Waals surface area contributed by atoms with E-state index in [1.165, 1.54) is 37.8 Å². The van der Waals surface area contributed by atoms with E-state index in [-0.39, 0.29) is 23.5 Å². The van der Waals surface area contributed by atoms with Gasteiger partial charge in [0, 0.05) is 44.3 Å². The highest BCUT2D eigenvalue weighted by atomic mass is 16.6. The third-order valence-electron chi connectivity index (χ3n) is 12.0. The van der Waals surface area contributed by atoms with E-state index in [0.29, 0.717) is 12.5 Å². The first-order valence-corrected chi connectivity index (χ1v) is 16.0. The first-order chi connectivity index (χ1) is 19.3. The van der Waals surface area contributed by atoms with E-state index < -0.39 is 6.10 Å². The molecule has 0 radical (unpaired) electrons. The Kier molecular flexibility index (Phi) is 8.06. The van der Waals surface area contributed by atoms with Crippen LogP contribution in [0.1, 0.15) is 72.1 Å². The maximum Gasteiger partial charge on any atom is 0.144 e. The number of anilines is 1. The average molecular weight is 550 g/mol. The number of β-amino-alcohol motifs (C(OH)–C–C–N with tert-alkyl or cyclic N) is 1. The van der Waals surface area contributed by atoms with Crippen molar-refractivity contribution in [3.63, 3.8) is 0 Å². The summed E-state index contributed by atoms with van der Waals surface area (Å²) in [6.07, 6.45) is 11.1. The van der Waals surface area contributed by atoms with Crippen LogP contribution < -0.4 is 4.90 Å². The summed E-state index contributed by atoms with van der Waals surface area (Å²) in [6.45, 7) is 11.9. The lowest BCUT2D eigenvalue weighted by Crippen LogP contribution is -2.50. The molecule has 6 rings (SSSR count). The van der Waals surface area contributed by atoms with Crippen LogP contribution in [0.2, 0.25) is 0 Å². The van der Waals surface area contributed by atoms with Gasteiger partial charge in [0.05, 0.1) is 11.8 Å². The van der Waals surface area contributed by atoms with Crippen LogP contribution in [0.25, 0.3) is 0 Å². The van der Waals surface area contributed by atoms with Crippen molar-refractivity contribution in [1.82, 2.24) is 4.90 Å². The molecule has 4 aliphatic carbocycles. The highest BCUT2D eigenvalue weighted by Crippen LogP contribution is 2.66. The van der Waals surface area contributed by atoms with Crippen molar-refractivity contribution >= 4 is 11.4 Å². The molecule has 220 valence electrons. The van der Waals surface area contributed by atoms with E-state index in [0.717, 1.165) is 68.9 Å². The Morgan fingerprint density at radius 3 is 2.58 bits per heavy atom. The molecule has 5 aliphatic rings. The maximum atomic E-state index is 10.7. The number of para-hydroxylation sites is 1. The molecule has 0 spiro atoms. The Hall–Kier alpha value is -1.89. The molecular weight excluding hydrogens is 498 g/mol. The standard InChI is InChI=1S/C34H51N3O3/c1-24(35-40-23-28(39)22-36-17-19-37(20-18-36)26-7-5-4-6-8-26)30-11-12-31-29-10-9-25-21-27(38)13-15-33(25,2)32(29)14-16-34(30,31)3/h4-9,27-32,38-39H,10-23H2,1-3H3/t27-,28?,29-,30+,31-,32-,33-,34+/m0/s1. The molecule has 0 amide bonds. The molecule has 6 nitrogen and oxygen atoms in total. The fourth-order valence-corrected chi connectivity index (χ4v) is 9.79. The van der Waals surface area contributed by atoms with E-state index in [9.17, 15) is 10.2 Å². The van der Waals surface area contributed by atoms with Crippen molar-refractivity contribution in [2.75, 3.05) is 44.2 Å². The molecule has 6 heteroatoms. The van der Waals surface area contributed by atoms with Crippen molar-refractivity contribution in [1.29, 1.82) is 0 Å². The summed E-state index contributed by atoms with van der Waals surface area (Å²) in [6, 6.07) is 10.6. The minimum atomic E-state index is -0.528. The molecule has 4 fully saturated rings. The number of hydrogen-bond donors (Lipinski definition) is 2. The second kappa shape index (κ2) is 11.4. The molecule has 0 bridgehead atoms. The van der Waals surface area contributed by atoms with Crippen LogP contribution in [0.5, 0.6) is 0 Å². The van der Waals surface area contributed by atoms with Crippen LogP contribution >= 0.6 is 0 Å². The lowest BCUT2D eigenvalue weighted by molar-refractivity contribution is -0.0429. The third-order valence-corrected chi connectivity index (χ3v) is 12.0. The first-order valence-electron chi connectivity index (χ1n) is 16.0. The Bertz CT molecular complexity index is 1080. The molecule has 8 atom stereocenters. The first kappa shape index (κ1) is 28.2. The Morgan fingerprint density at radius 2 is 1.80 bits per heavy atom. The van der Waals surface area contributed by atoms with Crippen LogP contribution in [0.15, 0.2) is 47.1 Å². The van der Waals surface area contributed by atoms with Gasteiger partial charge in [-0.25, -0.2) is 0 Å². The number of rotatable bonds is 7. The number of oxime groups is 1. The smallest absolute Gasteiger partial charge is 0.144 e. The second-order valence-corrected chi connectivity index (χ2v) is 14.1. The minimum absolute atomic E-state index is 0.136. The molecule has 1 heterocycles. The number of piperazine rings is 1. The Labute approximate surface area is 241 Å². The summed E-state index contributed by atoms with van der Waals surface area (Å²) in [5.41, 5.74) is 4.52. The summed E-state index contributed by atoms with van der Waals surface area (Å²) in [4.78, 5) is 10.5. The van der Waals surface area contributed by atoms with Gasteiger partial charge in [0.15, 0.2) is 0 Å². The van der Waals surface area contributed by atoms with Crippen LogP contribution in [0.3, 0.4) is 0 Å². The van der Waals surface area contributed by atoms with Crippen molar-refractivity contribution in [3.05, 3.63) is 42.0 Å². The highest BCUT2D eigenvalue weighted by Gasteiger charge is 2.59. The molecule has 1 aromatic carbocycles. The van der Waals surface area contributed by atoms with Crippen molar-refractivity contribution in [3.8, 4) is 0 Å². The van der Waals surface area contributed by atoms with Gasteiger partial charge in [0.1, 0.15) is 12.7 Å². The Morgan fingerprint density at radius 1 is 1.02 bits per heavy atom. The topological polar surface area (TPSA) is 68.5 Å². The maximum absolute atomic E-state index is 10.7. The van der Waals surface area contributed by atoms with Crippen molar-refractivity contribution < 1.29 is 15.1 Å². The van der Waals surface area contributed by atoms with E-state index in [1.54, 1.807) is 5.57 Å². The molecule has 1 unspecified atom stereocenters. The molecule has 1 saturated heterocycles. The summed E-state index contributed by atoms with van der Waals surface area (Å²) in [5.74, 6) is 2.72. The van der Waals surface area contributed by atoms with Crippen LogP contribution in [-0.4, -0.2) is 72.4 Å². The summed E-state index contributed by atoms with van der Waals surface area (Å²) in [7, 11) is 0. The van der Waals surface area contributed by atoms with Gasteiger partial charge in [0.2, 0.25) is 0 Å². The average Bonchev–Trinajstić information content (AvgIpc) is 3.31. The normalized spacial score (nSPS) is 39.1. The van der Waals surface area contributed by atoms with Gasteiger partial charge in [-0.2, -0.15) is 0 Å². The zero-order valence-corrected chi connectivity index (χ0v) is 25.0. The fraction of sp³-hybridized carbons (Fsp3) is 0.735. The van der Waals surface area contributed by atoms with Gasteiger partial charge in [-0.1, -0.05) is 48.9 Å². The largest absolute Gasteiger partial charge is 0.393 e. The van der Waals surface area contributed by atoms with Gasteiger partial charge in [-0.05, 0) is 99.0 Å². The molecule has 40 heavy (non-hydrogen) atoms. The molecule has 1 aromatic rings. The van der Waals surface area contributed by atoms with Crippen molar-refractivity contribution in [2.45, 2.75) is 84.3 Å². The van der Waals surface area contributed by atoms with E-state index in [1.807, 2.05) is 0 Å². The number of allylic oxidation sites excluding steroid dienone is 1. The van der Waals surface area contributed by atoms with Gasteiger partial charge in [0.25, 0.3) is 0 Å². The molecule has 3 saturated carbocycles. The second-order valence-electron chi connectivity index (χ2n) is 14.1. The van der Waals surface area contributed by atoms with Crippen molar-refractivity contribution in [2.24, 2.45) is 39.7 Å². The number of benzene rings is 1. The predicted molar refractivity (Wildman–Crippen MR) is 161 cm³/mol. The minimum Gasteiger partial charge on any atom is -0.393 e. The van der Waals surface area contributed by atoms with Gasteiger partial charge in [-0.3, -0.25) is 4.90 Å². The number of nitrogens with zero attached hydrogens (tertiary/aromatic N) is 3. The summed E-state index contributed by atoms with van der Waals surface area (Å²) in [5, 5.41) is 25.6. The van der Waals surface area contributed by atoms with Gasteiger partial charge >= 0.3 is 0 Å². The molecule has 0 aromatic heterocycles. The van der Waals surface area contributed by atoms with Gasteiger partial charge < -0.3 is 20.0 Å². The summed E-state index contributed by atoms with van der Waals surface area (Å²) >= 11 is 0. The number of hydrogen-bond acceptors (Lipinski definition) is 6. The lowest BCUT2D eigenvalue weighted by Gasteiger charge is -2.58. The van der Waals surface area contributed by atoms with E-state index >= 15 is 0 Å². The van der Waals surface area contributed by atoms with E-state index in [4.69, 9.17) is 4.84 Å². The number of aliphatic hydroxyl groups is 2. The SMILES string of the molecule is CC(=NOCC(O)CN1CCN(c2ccccc2)CC1)[C@H]1CC[C@H]2[C@@H]3CC=C4C[C@@H](O)CC[C@]4(C)[C@H]3CC[C@]12C. The van der Waals surface area contributed by atoms with Crippen LogP contribution in [0.4, 0.5) is 5.69 Å². The fourth-order valence-electron chi connectivity index (χ4n) is 9.79. The summed E-state index contributed by atoms with van der Waals surface area (Å²) < 4.78 is 0.